The number of alkyl halides is 3. The van der Waals surface area contributed by atoms with Gasteiger partial charge in [-0.2, -0.15) is 18.2 Å². The lowest BCUT2D eigenvalue weighted by molar-refractivity contribution is -0.138. The zero-order valence-electron chi connectivity index (χ0n) is 29.2. The minimum Gasteiger partial charge on any atom is -0.334 e. The van der Waals surface area contributed by atoms with Crippen molar-refractivity contribution in [2.75, 3.05) is 13.1 Å². The van der Waals surface area contributed by atoms with Gasteiger partial charge >= 0.3 is 6.18 Å². The molecule has 1 saturated heterocycles. The van der Waals surface area contributed by atoms with Crippen molar-refractivity contribution in [1.29, 1.82) is 0 Å². The number of nitrogens with zero attached hydrogens (tertiary/aromatic N) is 4. The number of benzene rings is 4. The van der Waals surface area contributed by atoms with Crippen LogP contribution in [0.25, 0.3) is 11.1 Å². The van der Waals surface area contributed by atoms with Crippen LogP contribution in [0.2, 0.25) is 0 Å². The monoisotopic (exact) mass is 740 g/mol. The molecule has 0 bridgehead atoms. The lowest BCUT2D eigenvalue weighted by atomic mass is 9.99. The molecular weight excluding hydrogens is 701 g/mol. The molecule has 1 fully saturated rings. The van der Waals surface area contributed by atoms with Crippen LogP contribution in [-0.2, 0) is 49.2 Å². The first-order chi connectivity index (χ1) is 25.6. The number of aromatic nitrogens is 2. The Balaban J connectivity index is 1.13. The molecule has 53 heavy (non-hydrogen) atoms. The van der Waals surface area contributed by atoms with Gasteiger partial charge in [-0.05, 0) is 84.2 Å². The van der Waals surface area contributed by atoms with Gasteiger partial charge in [0.15, 0.2) is 5.16 Å². The van der Waals surface area contributed by atoms with E-state index < -0.39 is 11.7 Å². The highest BCUT2D eigenvalue weighted by molar-refractivity contribution is 7.98. The zero-order valence-corrected chi connectivity index (χ0v) is 30.0. The number of rotatable bonds is 11. The van der Waals surface area contributed by atoms with Gasteiger partial charge in [0.25, 0.3) is 5.56 Å². The highest BCUT2D eigenvalue weighted by Crippen LogP contribution is 2.32. The van der Waals surface area contributed by atoms with E-state index in [1.54, 1.807) is 12.1 Å². The van der Waals surface area contributed by atoms with E-state index in [9.17, 15) is 27.2 Å². The summed E-state index contributed by atoms with van der Waals surface area (Å²) in [5.41, 5.74) is 5.09. The molecule has 1 amide bonds. The maximum absolute atomic E-state index is 14.6. The molecule has 6 nitrogen and oxygen atoms in total. The maximum atomic E-state index is 14.6. The second-order valence-corrected chi connectivity index (χ2v) is 14.7. The van der Waals surface area contributed by atoms with E-state index >= 15 is 0 Å². The third-order valence-corrected chi connectivity index (χ3v) is 11.2. The number of piperidine rings is 1. The fourth-order valence-corrected chi connectivity index (χ4v) is 8.28. The van der Waals surface area contributed by atoms with Gasteiger partial charge < -0.3 is 9.47 Å². The fraction of sp³-hybridized carbons (Fsp3) is 0.310. The first kappa shape index (κ1) is 36.6. The summed E-state index contributed by atoms with van der Waals surface area (Å²) in [6, 6.07) is 29.3. The number of hydrogen-bond donors (Lipinski definition) is 0. The summed E-state index contributed by atoms with van der Waals surface area (Å²) in [4.78, 5) is 36.5. The van der Waals surface area contributed by atoms with Crippen molar-refractivity contribution in [2.45, 2.75) is 74.9 Å². The average Bonchev–Trinajstić information content (AvgIpc) is 3.67. The number of carbonyl (C=O) groups excluding carboxylic acids is 1. The number of carbonyl (C=O) groups is 1. The predicted molar refractivity (Wildman–Crippen MR) is 199 cm³/mol. The number of likely N-dealkylation sites (tertiary alicyclic amines) is 1. The summed E-state index contributed by atoms with van der Waals surface area (Å²) in [5, 5.41) is 0.479. The van der Waals surface area contributed by atoms with Gasteiger partial charge in [0.05, 0.1) is 5.56 Å². The van der Waals surface area contributed by atoms with Gasteiger partial charge in [0, 0.05) is 49.2 Å². The van der Waals surface area contributed by atoms with Gasteiger partial charge in [0.2, 0.25) is 5.91 Å². The van der Waals surface area contributed by atoms with Crippen molar-refractivity contribution in [3.63, 3.8) is 0 Å². The standard InChI is InChI=1S/C42H40F4N4O2S/c43-35-19-11-31(12-20-35)28-53-41-47-40(52)37-7-4-8-38(37)50(41)27-39(51)49(36-21-23-48(24-22-36)25-29-5-2-1-3-6-29)26-30-9-13-32(14-10-30)33-15-17-34(18-16-33)42(44,45)46/h1-3,5-6,9-20,36H,4,7-8,21-28H2. The summed E-state index contributed by atoms with van der Waals surface area (Å²) in [7, 11) is 0. The number of fused-ring (bicyclic) bond motifs is 1. The van der Waals surface area contributed by atoms with Gasteiger partial charge in [-0.3, -0.25) is 14.5 Å². The highest BCUT2D eigenvalue weighted by Gasteiger charge is 2.31. The van der Waals surface area contributed by atoms with Crippen molar-refractivity contribution in [1.82, 2.24) is 19.4 Å². The molecule has 1 aliphatic carbocycles. The van der Waals surface area contributed by atoms with E-state index in [1.807, 2.05) is 51.9 Å². The molecule has 0 saturated carbocycles. The van der Waals surface area contributed by atoms with Gasteiger partial charge in [-0.25, -0.2) is 4.39 Å². The molecule has 274 valence electrons. The van der Waals surface area contributed by atoms with Gasteiger partial charge in [-0.1, -0.05) is 90.6 Å². The first-order valence-corrected chi connectivity index (χ1v) is 18.9. The van der Waals surface area contributed by atoms with E-state index in [0.717, 1.165) is 73.4 Å². The maximum Gasteiger partial charge on any atom is 0.416 e. The first-order valence-electron chi connectivity index (χ1n) is 17.9. The minimum absolute atomic E-state index is 0.0141. The van der Waals surface area contributed by atoms with Crippen LogP contribution in [0.1, 0.15) is 52.8 Å². The van der Waals surface area contributed by atoms with Crippen molar-refractivity contribution < 1.29 is 22.4 Å². The number of amides is 1. The van der Waals surface area contributed by atoms with Crippen LogP contribution in [0.15, 0.2) is 113 Å². The van der Waals surface area contributed by atoms with Crippen LogP contribution >= 0.6 is 11.8 Å². The second kappa shape index (κ2) is 16.1. The largest absolute Gasteiger partial charge is 0.416 e. The number of hydrogen-bond acceptors (Lipinski definition) is 5. The molecule has 4 aromatic carbocycles. The van der Waals surface area contributed by atoms with Crippen LogP contribution in [-0.4, -0.2) is 44.4 Å². The molecule has 0 spiro atoms. The SMILES string of the molecule is O=C(Cn1c(SCc2ccc(F)cc2)nc(=O)c2c1CCC2)N(Cc1ccc(-c2ccc(C(F)(F)F)cc2)cc1)C1CCN(Cc2ccccc2)CC1. The van der Waals surface area contributed by atoms with Crippen molar-refractivity contribution in [3.05, 3.63) is 153 Å². The molecule has 0 unspecified atom stereocenters. The Bertz CT molecular complexity index is 2080. The van der Waals surface area contributed by atoms with E-state index in [1.165, 1.54) is 41.6 Å². The molecule has 1 aliphatic heterocycles. The third kappa shape index (κ3) is 8.91. The Kier molecular flexibility index (Phi) is 11.1. The molecule has 0 radical (unpaired) electrons. The van der Waals surface area contributed by atoms with Crippen molar-refractivity contribution >= 4 is 17.7 Å². The predicted octanol–water partition coefficient (Wildman–Crippen LogP) is 8.54. The summed E-state index contributed by atoms with van der Waals surface area (Å²) in [5.74, 6) is 0.0767. The Morgan fingerprint density at radius 1 is 0.811 bits per heavy atom. The zero-order chi connectivity index (χ0) is 37.0. The Labute approximate surface area is 310 Å². The number of halogens is 4. The van der Waals surface area contributed by atoms with E-state index in [2.05, 4.69) is 22.0 Å². The molecule has 2 heterocycles. The Morgan fingerprint density at radius 2 is 1.45 bits per heavy atom. The molecule has 7 rings (SSSR count). The van der Waals surface area contributed by atoms with E-state index in [4.69, 9.17) is 0 Å². The Hall–Kier alpha value is -4.74. The smallest absolute Gasteiger partial charge is 0.334 e. The van der Waals surface area contributed by atoms with Crippen LogP contribution in [0.4, 0.5) is 17.6 Å². The fourth-order valence-electron chi connectivity index (χ4n) is 7.32. The molecule has 11 heteroatoms. The van der Waals surface area contributed by atoms with Crippen LogP contribution in [0.3, 0.4) is 0 Å². The summed E-state index contributed by atoms with van der Waals surface area (Å²) < 4.78 is 54.9. The number of thioether (sulfide) groups is 1. The normalized spacial score (nSPS) is 15.0. The minimum atomic E-state index is -4.40. The second-order valence-electron chi connectivity index (χ2n) is 13.8. The lowest BCUT2D eigenvalue weighted by Crippen LogP contribution is -2.48. The van der Waals surface area contributed by atoms with Crippen molar-refractivity contribution in [3.8, 4) is 11.1 Å². The van der Waals surface area contributed by atoms with E-state index in [-0.39, 0.29) is 29.9 Å². The molecule has 5 aromatic rings. The molecular formula is C42H40F4N4O2S. The van der Waals surface area contributed by atoms with Crippen LogP contribution in [0, 0.1) is 5.82 Å². The highest BCUT2D eigenvalue weighted by atomic mass is 32.2. The quantitative estimate of drug-likeness (QED) is 0.0773. The van der Waals surface area contributed by atoms with Crippen LogP contribution < -0.4 is 5.56 Å². The molecule has 0 atom stereocenters. The van der Waals surface area contributed by atoms with Crippen molar-refractivity contribution in [2.24, 2.45) is 0 Å². The summed E-state index contributed by atoms with van der Waals surface area (Å²) in [6.45, 7) is 2.92. The summed E-state index contributed by atoms with van der Waals surface area (Å²) in [6.07, 6.45) is -0.657. The van der Waals surface area contributed by atoms with E-state index in [0.29, 0.717) is 41.4 Å². The van der Waals surface area contributed by atoms with Gasteiger partial charge in [-0.15, -0.1) is 0 Å². The molecule has 1 aromatic heterocycles. The summed E-state index contributed by atoms with van der Waals surface area (Å²) >= 11 is 1.37. The topological polar surface area (TPSA) is 58.4 Å². The van der Waals surface area contributed by atoms with Gasteiger partial charge in [0.1, 0.15) is 12.4 Å². The lowest BCUT2D eigenvalue weighted by Gasteiger charge is -2.39. The Morgan fingerprint density at radius 3 is 2.11 bits per heavy atom. The average molecular weight is 741 g/mol. The molecule has 0 N–H and O–H groups in total. The molecule has 2 aliphatic rings. The third-order valence-electron chi connectivity index (χ3n) is 10.2. The van der Waals surface area contributed by atoms with Crippen LogP contribution in [0.5, 0.6) is 0 Å².